The maximum Gasteiger partial charge on any atom is 0.307 e. The first-order chi connectivity index (χ1) is 22.3. The number of fused-ring (bicyclic) bond motifs is 5. The molecule has 4 heterocycles. The summed E-state index contributed by atoms with van der Waals surface area (Å²) in [6.45, 7) is 3.15. The minimum atomic E-state index is -0.893. The van der Waals surface area contributed by atoms with Crippen molar-refractivity contribution in [1.82, 2.24) is 14.8 Å². The Balaban J connectivity index is 1.43. The van der Waals surface area contributed by atoms with Crippen molar-refractivity contribution in [2.75, 3.05) is 13.2 Å². The fourth-order valence-electron chi connectivity index (χ4n) is 6.72. The molecule has 0 amide bonds. The van der Waals surface area contributed by atoms with Crippen LogP contribution in [-0.4, -0.2) is 51.0 Å². The summed E-state index contributed by atoms with van der Waals surface area (Å²) in [5.41, 5.74) is 7.58. The van der Waals surface area contributed by atoms with Crippen LogP contribution in [0.1, 0.15) is 65.3 Å². The molecule has 4 bridgehead atoms. The van der Waals surface area contributed by atoms with Crippen molar-refractivity contribution in [3.8, 4) is 22.6 Å². The third-order valence-electron chi connectivity index (χ3n) is 9.10. The number of nitrogens with one attached hydrogen (secondary N) is 2. The van der Waals surface area contributed by atoms with Gasteiger partial charge in [0, 0.05) is 41.4 Å². The van der Waals surface area contributed by atoms with E-state index in [4.69, 9.17) is 25.3 Å². The van der Waals surface area contributed by atoms with Crippen molar-refractivity contribution in [3.05, 3.63) is 75.9 Å². The number of thiazole rings is 1. The van der Waals surface area contributed by atoms with Crippen LogP contribution in [0, 0.1) is 17.7 Å². The third-order valence-corrected chi connectivity index (χ3v) is 10.2. The molecule has 3 aromatic carbocycles. The number of aromatic nitrogens is 3. The first-order valence-corrected chi connectivity index (χ1v) is 16.4. The molecule has 0 saturated carbocycles. The van der Waals surface area contributed by atoms with Crippen LogP contribution in [0.4, 0.5) is 0 Å². The number of ether oxygens (including phenoxy) is 2. The maximum atomic E-state index is 12.1. The van der Waals surface area contributed by atoms with Gasteiger partial charge < -0.3 is 25.4 Å². The molecule has 0 saturated heterocycles. The van der Waals surface area contributed by atoms with E-state index < -0.39 is 5.97 Å². The Labute approximate surface area is 270 Å². The molecular weight excluding hydrogens is 598 g/mol. The van der Waals surface area contributed by atoms with Crippen LogP contribution in [-0.2, 0) is 18.3 Å². The highest BCUT2D eigenvalue weighted by atomic mass is 32.1. The number of carboxylic acids is 1. The number of hydrogen-bond donors (Lipinski definition) is 3. The molecule has 1 unspecified atom stereocenters. The molecule has 0 fully saturated rings. The van der Waals surface area contributed by atoms with E-state index >= 15 is 0 Å². The molecule has 0 spiro atoms. The van der Waals surface area contributed by atoms with Gasteiger partial charge in [0.1, 0.15) is 16.5 Å². The summed E-state index contributed by atoms with van der Waals surface area (Å²) in [5.74, 6) is 0.965. The van der Waals surface area contributed by atoms with Crippen LogP contribution in [0.25, 0.3) is 37.8 Å². The highest BCUT2D eigenvalue weighted by Crippen LogP contribution is 2.44. The molecule has 1 atom stereocenters. The Morgan fingerprint density at radius 3 is 2.78 bits per heavy atom. The zero-order chi connectivity index (χ0) is 31.9. The molecule has 2 aliphatic heterocycles. The summed E-state index contributed by atoms with van der Waals surface area (Å²) >= 11 is 1.42. The van der Waals surface area contributed by atoms with Crippen molar-refractivity contribution < 1.29 is 19.4 Å². The lowest BCUT2D eigenvalue weighted by atomic mass is 9.85. The van der Waals surface area contributed by atoms with Crippen LogP contribution in [0.5, 0.6) is 11.5 Å². The van der Waals surface area contributed by atoms with Crippen molar-refractivity contribution >= 4 is 55.9 Å². The molecule has 2 aromatic heterocycles. The van der Waals surface area contributed by atoms with E-state index in [0.29, 0.717) is 41.0 Å². The van der Waals surface area contributed by atoms with E-state index in [-0.39, 0.29) is 12.1 Å². The van der Waals surface area contributed by atoms with Crippen LogP contribution >= 0.6 is 11.3 Å². The molecule has 10 heteroatoms. The molecule has 46 heavy (non-hydrogen) atoms. The smallest absolute Gasteiger partial charge is 0.307 e. The van der Waals surface area contributed by atoms with E-state index in [1.54, 1.807) is 17.0 Å². The normalized spacial score (nSPS) is 18.1. The van der Waals surface area contributed by atoms with E-state index in [9.17, 15) is 9.90 Å². The fourth-order valence-corrected chi connectivity index (χ4v) is 7.85. The summed E-state index contributed by atoms with van der Waals surface area (Å²) in [5, 5.41) is 33.2. The Morgan fingerprint density at radius 1 is 1.11 bits per heavy atom. The van der Waals surface area contributed by atoms with Crippen LogP contribution in [0.15, 0.2) is 48.7 Å². The Hall–Kier alpha value is -4.83. The van der Waals surface area contributed by atoms with Gasteiger partial charge in [-0.15, -0.1) is 11.3 Å². The van der Waals surface area contributed by atoms with Gasteiger partial charge in [-0.05, 0) is 84.7 Å². The number of aryl methyl sites for hydroxylation is 2. The second-order valence-corrected chi connectivity index (χ2v) is 13.1. The fraction of sp³-hybridized carbons (Fsp3) is 0.306. The number of allylic oxidation sites excluding steroid dienone is 2. The zero-order valence-corrected chi connectivity index (χ0v) is 26.7. The first-order valence-electron chi connectivity index (χ1n) is 15.6. The van der Waals surface area contributed by atoms with Gasteiger partial charge in [0.2, 0.25) is 0 Å². The number of hydrogen-bond acceptors (Lipinski definition) is 8. The zero-order valence-electron chi connectivity index (χ0n) is 25.9. The summed E-state index contributed by atoms with van der Waals surface area (Å²) < 4.78 is 15.1. The van der Waals surface area contributed by atoms with Gasteiger partial charge in [0.25, 0.3) is 0 Å². The quantitative estimate of drug-likeness (QED) is 0.174. The average Bonchev–Trinajstić information content (AvgIpc) is 3.63. The minimum Gasteiger partial charge on any atom is -0.493 e. The lowest BCUT2D eigenvalue weighted by molar-refractivity contribution is -0.136. The van der Waals surface area contributed by atoms with Crippen LogP contribution in [0.3, 0.4) is 0 Å². The van der Waals surface area contributed by atoms with E-state index in [1.165, 1.54) is 23.1 Å². The molecule has 7 rings (SSSR count). The standard InChI is InChI=1S/C36H35N5O4S/c1-20-12-29-35-34(25(20)16-33(42)43)22-7-8-31-26(13-22)21(9-11-45-31)6-4-3-5-10-44-32-17-30-24(19-39-41(30)2)14-27(32)28(38)15-23(18-37)36(40-29)46-35/h7-8,12-15,17-19,21,37-38H,3-6,9-11,16H2,1-2H3,(H,42,43)/b23-15+,37-18?,38-28?. The van der Waals surface area contributed by atoms with Gasteiger partial charge in [-0.2, -0.15) is 5.10 Å². The summed E-state index contributed by atoms with van der Waals surface area (Å²) in [4.78, 5) is 17.0. The second-order valence-electron chi connectivity index (χ2n) is 12.1. The van der Waals surface area contributed by atoms with Gasteiger partial charge in [-0.25, -0.2) is 4.98 Å². The molecule has 0 radical (unpaired) electrons. The highest BCUT2D eigenvalue weighted by Gasteiger charge is 2.25. The van der Waals surface area contributed by atoms with E-state index in [1.807, 2.05) is 44.3 Å². The summed E-state index contributed by atoms with van der Waals surface area (Å²) in [6.07, 6.45) is 9.46. The Bertz CT molecular complexity index is 2070. The third kappa shape index (κ3) is 5.47. The molecule has 5 aromatic rings. The maximum absolute atomic E-state index is 12.1. The Kier molecular flexibility index (Phi) is 7.90. The van der Waals surface area contributed by atoms with Crippen molar-refractivity contribution in [2.24, 2.45) is 7.05 Å². The highest BCUT2D eigenvalue weighted by molar-refractivity contribution is 7.20. The monoisotopic (exact) mass is 633 g/mol. The SMILES string of the molecule is Cc1cc2nc3sc2c(c1CC(=O)O)-c1ccc2c(c1)C(CCCCCOc1cc4c(cnn4C)cc1C(=N)/C=C/3C=N)CCO2. The average molecular weight is 634 g/mol. The predicted octanol–water partition coefficient (Wildman–Crippen LogP) is 7.71. The Morgan fingerprint density at radius 2 is 1.96 bits per heavy atom. The number of rotatable bonds is 3. The van der Waals surface area contributed by atoms with Gasteiger partial charge in [-0.1, -0.05) is 18.9 Å². The molecule has 3 N–H and O–H groups in total. The molecule has 234 valence electrons. The molecule has 2 aliphatic rings. The number of carboxylic acid groups (broad SMARTS) is 1. The van der Waals surface area contributed by atoms with E-state index in [0.717, 1.165) is 81.2 Å². The largest absolute Gasteiger partial charge is 0.493 e. The lowest BCUT2D eigenvalue weighted by Gasteiger charge is -2.27. The van der Waals surface area contributed by atoms with Gasteiger partial charge >= 0.3 is 5.97 Å². The summed E-state index contributed by atoms with van der Waals surface area (Å²) in [6, 6.07) is 12.0. The molecule has 9 nitrogen and oxygen atoms in total. The lowest BCUT2D eigenvalue weighted by Crippen LogP contribution is -2.14. The number of benzene rings is 3. The van der Waals surface area contributed by atoms with Crippen molar-refractivity contribution in [2.45, 2.75) is 51.4 Å². The minimum absolute atomic E-state index is 0.112. The topological polar surface area (TPSA) is 134 Å². The van der Waals surface area contributed by atoms with Gasteiger partial charge in [0.05, 0.1) is 47.3 Å². The molecule has 0 aliphatic carbocycles. The summed E-state index contributed by atoms with van der Waals surface area (Å²) in [7, 11) is 1.89. The number of nitrogens with zero attached hydrogens (tertiary/aromatic N) is 3. The van der Waals surface area contributed by atoms with Gasteiger partial charge in [0.15, 0.2) is 0 Å². The van der Waals surface area contributed by atoms with Crippen molar-refractivity contribution in [1.29, 1.82) is 10.8 Å². The van der Waals surface area contributed by atoms with E-state index in [2.05, 4.69) is 11.2 Å². The molecular formula is C36H35N5O4S. The van der Waals surface area contributed by atoms with Crippen molar-refractivity contribution in [3.63, 3.8) is 0 Å². The predicted molar refractivity (Wildman–Crippen MR) is 182 cm³/mol. The van der Waals surface area contributed by atoms with Crippen LogP contribution in [0.2, 0.25) is 0 Å². The van der Waals surface area contributed by atoms with Gasteiger partial charge in [-0.3, -0.25) is 9.48 Å². The number of carbonyl (C=O) groups is 1. The first kappa shape index (κ1) is 29.9. The second kappa shape index (κ2) is 12.2. The number of aliphatic carboxylic acids is 1. The van der Waals surface area contributed by atoms with Crippen LogP contribution < -0.4 is 9.47 Å².